The summed E-state index contributed by atoms with van der Waals surface area (Å²) in [7, 11) is 0. The number of hydrogen-bond acceptors (Lipinski definition) is 3. The molecule has 2 aliphatic heterocycles. The molecule has 0 aliphatic carbocycles. The molecule has 0 aromatic rings. The van der Waals surface area contributed by atoms with Gasteiger partial charge in [-0.25, -0.2) is 0 Å². The molecule has 2 heterocycles. The average molecular weight is 255 g/mol. The molecule has 0 radical (unpaired) electrons. The molecule has 4 heteroatoms. The highest BCUT2D eigenvalue weighted by molar-refractivity contribution is 5.75. The van der Waals surface area contributed by atoms with Crippen LogP contribution in [0.1, 0.15) is 39.0 Å². The Hall–Kier alpha value is -0.610. The largest absolute Gasteiger partial charge is 0.481 e. The van der Waals surface area contributed by atoms with Crippen molar-refractivity contribution in [1.29, 1.82) is 0 Å². The number of nitrogens with zero attached hydrogens (tertiary/aromatic N) is 1. The predicted molar refractivity (Wildman–Crippen MR) is 69.6 cm³/mol. The van der Waals surface area contributed by atoms with E-state index in [2.05, 4.69) is 11.8 Å². The Bertz CT molecular complexity index is 287. The van der Waals surface area contributed by atoms with E-state index in [1.807, 2.05) is 0 Å². The standard InChI is InChI=1S/C14H25NO3/c1-2-4-12-5-7-15(9-12)10-14(13(16)17)6-3-8-18-11-14/h12H,2-11H2,1H3,(H,16,17). The van der Waals surface area contributed by atoms with Crippen LogP contribution in [0.4, 0.5) is 0 Å². The number of rotatable bonds is 5. The van der Waals surface area contributed by atoms with Crippen molar-refractivity contribution >= 4 is 5.97 Å². The molecule has 2 fully saturated rings. The maximum absolute atomic E-state index is 11.6. The molecule has 2 atom stereocenters. The number of carboxylic acids is 1. The van der Waals surface area contributed by atoms with Crippen LogP contribution in [0.15, 0.2) is 0 Å². The van der Waals surface area contributed by atoms with Gasteiger partial charge in [0.15, 0.2) is 0 Å². The third-order valence-electron chi connectivity index (χ3n) is 4.37. The van der Waals surface area contributed by atoms with E-state index in [1.54, 1.807) is 0 Å². The van der Waals surface area contributed by atoms with Crippen molar-refractivity contribution in [3.8, 4) is 0 Å². The van der Waals surface area contributed by atoms with Crippen LogP contribution in [0.5, 0.6) is 0 Å². The van der Waals surface area contributed by atoms with Gasteiger partial charge in [-0.2, -0.15) is 0 Å². The van der Waals surface area contributed by atoms with E-state index in [9.17, 15) is 9.90 Å². The maximum Gasteiger partial charge on any atom is 0.313 e. The number of aliphatic carboxylic acids is 1. The topological polar surface area (TPSA) is 49.8 Å². The van der Waals surface area contributed by atoms with Crippen LogP contribution in [0.2, 0.25) is 0 Å². The summed E-state index contributed by atoms with van der Waals surface area (Å²) in [5.41, 5.74) is -0.653. The molecule has 4 nitrogen and oxygen atoms in total. The number of carbonyl (C=O) groups is 1. The zero-order chi connectivity index (χ0) is 13.0. The fourth-order valence-electron chi connectivity index (χ4n) is 3.34. The molecule has 0 amide bonds. The van der Waals surface area contributed by atoms with Crippen molar-refractivity contribution in [2.45, 2.75) is 39.0 Å². The first-order valence-electron chi connectivity index (χ1n) is 7.20. The smallest absolute Gasteiger partial charge is 0.313 e. The highest BCUT2D eigenvalue weighted by Gasteiger charge is 2.43. The molecular formula is C14H25NO3. The van der Waals surface area contributed by atoms with Gasteiger partial charge in [0, 0.05) is 19.7 Å². The van der Waals surface area contributed by atoms with Crippen LogP contribution in [0.25, 0.3) is 0 Å². The molecule has 1 N–H and O–H groups in total. The lowest BCUT2D eigenvalue weighted by Crippen LogP contribution is -2.47. The van der Waals surface area contributed by atoms with Crippen LogP contribution in [-0.2, 0) is 9.53 Å². The summed E-state index contributed by atoms with van der Waals surface area (Å²) >= 11 is 0. The van der Waals surface area contributed by atoms with Gasteiger partial charge in [-0.05, 0) is 38.1 Å². The number of ether oxygens (including phenoxy) is 1. The van der Waals surface area contributed by atoms with Gasteiger partial charge in [-0.3, -0.25) is 4.79 Å². The second kappa shape index (κ2) is 6.02. The Labute approximate surface area is 109 Å². The Morgan fingerprint density at radius 3 is 3.00 bits per heavy atom. The molecule has 0 saturated carbocycles. The molecule has 0 aromatic carbocycles. The zero-order valence-electron chi connectivity index (χ0n) is 11.4. The first-order valence-corrected chi connectivity index (χ1v) is 7.20. The summed E-state index contributed by atoms with van der Waals surface area (Å²) in [6.45, 7) is 6.12. The molecule has 2 unspecified atom stereocenters. The summed E-state index contributed by atoms with van der Waals surface area (Å²) in [5, 5.41) is 9.51. The van der Waals surface area contributed by atoms with Gasteiger partial charge in [0.1, 0.15) is 5.41 Å². The van der Waals surface area contributed by atoms with Crippen molar-refractivity contribution in [3.63, 3.8) is 0 Å². The first-order chi connectivity index (χ1) is 8.66. The molecular weight excluding hydrogens is 230 g/mol. The van der Waals surface area contributed by atoms with Gasteiger partial charge in [-0.1, -0.05) is 13.3 Å². The summed E-state index contributed by atoms with van der Waals surface area (Å²) in [6, 6.07) is 0. The van der Waals surface area contributed by atoms with Crippen LogP contribution in [-0.4, -0.2) is 48.8 Å². The minimum absolute atomic E-state index is 0.386. The van der Waals surface area contributed by atoms with Gasteiger partial charge in [0.25, 0.3) is 0 Å². The van der Waals surface area contributed by atoms with E-state index in [-0.39, 0.29) is 0 Å². The fraction of sp³-hybridized carbons (Fsp3) is 0.929. The third kappa shape index (κ3) is 3.04. The molecule has 0 aromatic heterocycles. The van der Waals surface area contributed by atoms with E-state index in [1.165, 1.54) is 19.3 Å². The van der Waals surface area contributed by atoms with Gasteiger partial charge < -0.3 is 14.7 Å². The number of carboxylic acid groups (broad SMARTS) is 1. The Morgan fingerprint density at radius 2 is 2.39 bits per heavy atom. The Balaban J connectivity index is 1.92. The van der Waals surface area contributed by atoms with E-state index >= 15 is 0 Å². The summed E-state index contributed by atoms with van der Waals surface area (Å²) in [4.78, 5) is 13.9. The van der Waals surface area contributed by atoms with E-state index in [0.29, 0.717) is 19.8 Å². The Morgan fingerprint density at radius 1 is 1.56 bits per heavy atom. The highest BCUT2D eigenvalue weighted by atomic mass is 16.5. The second-order valence-electron chi connectivity index (χ2n) is 5.92. The lowest BCUT2D eigenvalue weighted by atomic mass is 9.82. The monoisotopic (exact) mass is 255 g/mol. The van der Waals surface area contributed by atoms with Gasteiger partial charge in [-0.15, -0.1) is 0 Å². The van der Waals surface area contributed by atoms with Crippen molar-refractivity contribution in [2.75, 3.05) is 32.8 Å². The third-order valence-corrected chi connectivity index (χ3v) is 4.37. The van der Waals surface area contributed by atoms with E-state index in [0.717, 1.165) is 31.8 Å². The highest BCUT2D eigenvalue weighted by Crippen LogP contribution is 2.32. The Kier molecular flexibility index (Phi) is 4.62. The molecule has 104 valence electrons. The predicted octanol–water partition coefficient (Wildman–Crippen LogP) is 1.99. The zero-order valence-corrected chi connectivity index (χ0v) is 11.4. The molecule has 2 aliphatic rings. The summed E-state index contributed by atoms with van der Waals surface area (Å²) in [6.07, 6.45) is 5.36. The van der Waals surface area contributed by atoms with Crippen molar-refractivity contribution in [1.82, 2.24) is 4.90 Å². The van der Waals surface area contributed by atoms with Gasteiger partial charge >= 0.3 is 5.97 Å². The number of likely N-dealkylation sites (tertiary alicyclic amines) is 1. The molecule has 2 saturated heterocycles. The minimum atomic E-state index is -0.679. The molecule has 0 spiro atoms. The first kappa shape index (κ1) is 13.8. The lowest BCUT2D eigenvalue weighted by Gasteiger charge is -2.36. The van der Waals surface area contributed by atoms with E-state index in [4.69, 9.17) is 4.74 Å². The summed E-state index contributed by atoms with van der Waals surface area (Å²) in [5.74, 6) is 0.0893. The quantitative estimate of drug-likeness (QED) is 0.816. The van der Waals surface area contributed by atoms with Crippen LogP contribution < -0.4 is 0 Å². The van der Waals surface area contributed by atoms with E-state index < -0.39 is 11.4 Å². The maximum atomic E-state index is 11.6. The normalized spacial score (nSPS) is 33.7. The number of hydrogen-bond donors (Lipinski definition) is 1. The minimum Gasteiger partial charge on any atom is -0.481 e. The molecule has 2 rings (SSSR count). The van der Waals surface area contributed by atoms with Crippen LogP contribution in [0.3, 0.4) is 0 Å². The SMILES string of the molecule is CCCC1CCN(CC2(C(=O)O)CCCOC2)C1. The van der Waals surface area contributed by atoms with Crippen LogP contribution >= 0.6 is 0 Å². The van der Waals surface area contributed by atoms with Crippen molar-refractivity contribution < 1.29 is 14.6 Å². The van der Waals surface area contributed by atoms with Crippen molar-refractivity contribution in [3.05, 3.63) is 0 Å². The van der Waals surface area contributed by atoms with Gasteiger partial charge in [0.05, 0.1) is 6.61 Å². The van der Waals surface area contributed by atoms with Crippen LogP contribution in [0, 0.1) is 11.3 Å². The fourth-order valence-corrected chi connectivity index (χ4v) is 3.34. The van der Waals surface area contributed by atoms with Crippen molar-refractivity contribution in [2.24, 2.45) is 11.3 Å². The molecule has 0 bridgehead atoms. The second-order valence-corrected chi connectivity index (χ2v) is 5.92. The van der Waals surface area contributed by atoms with Gasteiger partial charge in [0.2, 0.25) is 0 Å². The lowest BCUT2D eigenvalue weighted by molar-refractivity contribution is -0.159. The molecule has 18 heavy (non-hydrogen) atoms. The average Bonchev–Trinajstić information content (AvgIpc) is 2.78. The summed E-state index contributed by atoms with van der Waals surface area (Å²) < 4.78 is 5.42.